The minimum Gasteiger partial charge on any atom is -0.397 e. The Balaban J connectivity index is 1.82. The highest BCUT2D eigenvalue weighted by atomic mass is 32.1. The van der Waals surface area contributed by atoms with Crippen LogP contribution in [0, 0.1) is 0 Å². The van der Waals surface area contributed by atoms with E-state index in [0.717, 1.165) is 40.1 Å². The number of para-hydroxylation sites is 2. The average molecular weight is 388 g/mol. The molecule has 4 aromatic rings. The molecule has 0 fully saturated rings. The van der Waals surface area contributed by atoms with E-state index in [9.17, 15) is 4.79 Å². The zero-order chi connectivity index (χ0) is 19.5. The number of pyridine rings is 1. The Morgan fingerprint density at radius 3 is 2.14 bits per heavy atom. The van der Waals surface area contributed by atoms with Gasteiger partial charge in [-0.05, 0) is 42.8 Å². The number of fused-ring (bicyclic) bond motifs is 1. The number of amides is 1. The van der Waals surface area contributed by atoms with Crippen LogP contribution in [0.2, 0.25) is 0 Å². The molecular weight excluding hydrogens is 366 g/mol. The van der Waals surface area contributed by atoms with Crippen molar-refractivity contribution in [1.82, 2.24) is 4.98 Å². The van der Waals surface area contributed by atoms with Crippen molar-refractivity contribution in [3.05, 3.63) is 83.4 Å². The van der Waals surface area contributed by atoms with E-state index in [1.807, 2.05) is 72.8 Å². The lowest BCUT2D eigenvalue weighted by Gasteiger charge is -2.22. The van der Waals surface area contributed by atoms with Crippen molar-refractivity contribution in [2.45, 2.75) is 19.8 Å². The third kappa shape index (κ3) is 3.37. The van der Waals surface area contributed by atoms with Gasteiger partial charge in [-0.1, -0.05) is 49.7 Å². The number of thiophene rings is 1. The van der Waals surface area contributed by atoms with Crippen LogP contribution in [0.5, 0.6) is 0 Å². The van der Waals surface area contributed by atoms with Crippen LogP contribution in [0.4, 0.5) is 17.1 Å². The first-order valence-electron chi connectivity index (χ1n) is 9.31. The summed E-state index contributed by atoms with van der Waals surface area (Å²) in [6, 6.07) is 23.2. The van der Waals surface area contributed by atoms with E-state index in [-0.39, 0.29) is 5.91 Å². The van der Waals surface area contributed by atoms with E-state index < -0.39 is 0 Å². The normalized spacial score (nSPS) is 10.9. The number of nitrogens with two attached hydrogens (primary N) is 1. The molecule has 28 heavy (non-hydrogen) atoms. The summed E-state index contributed by atoms with van der Waals surface area (Å²) in [5.74, 6) is -0.144. The Labute approximate surface area is 168 Å². The first-order valence-corrected chi connectivity index (χ1v) is 10.1. The summed E-state index contributed by atoms with van der Waals surface area (Å²) >= 11 is 1.36. The van der Waals surface area contributed by atoms with Gasteiger partial charge in [-0.15, -0.1) is 11.3 Å². The molecule has 0 unspecified atom stereocenters. The van der Waals surface area contributed by atoms with Crippen molar-refractivity contribution in [1.29, 1.82) is 0 Å². The Morgan fingerprint density at radius 1 is 0.964 bits per heavy atom. The fourth-order valence-corrected chi connectivity index (χ4v) is 4.27. The van der Waals surface area contributed by atoms with Gasteiger partial charge in [0.1, 0.15) is 9.71 Å². The van der Waals surface area contributed by atoms with Gasteiger partial charge in [0.2, 0.25) is 0 Å². The highest BCUT2D eigenvalue weighted by Gasteiger charge is 2.25. The zero-order valence-corrected chi connectivity index (χ0v) is 16.4. The number of aryl methyl sites for hydroxylation is 1. The topological polar surface area (TPSA) is 59.2 Å². The molecule has 0 aliphatic heterocycles. The predicted octanol–water partition coefficient (Wildman–Crippen LogP) is 5.81. The van der Waals surface area contributed by atoms with Crippen LogP contribution >= 0.6 is 11.3 Å². The van der Waals surface area contributed by atoms with E-state index in [1.165, 1.54) is 11.3 Å². The monoisotopic (exact) mass is 387 g/mol. The molecular formula is C23H21N3OS. The van der Waals surface area contributed by atoms with Crippen molar-refractivity contribution in [2.75, 3.05) is 10.6 Å². The first kappa shape index (κ1) is 18.2. The van der Waals surface area contributed by atoms with Gasteiger partial charge in [-0.3, -0.25) is 9.69 Å². The van der Waals surface area contributed by atoms with Crippen LogP contribution < -0.4 is 10.6 Å². The highest BCUT2D eigenvalue weighted by Crippen LogP contribution is 2.36. The van der Waals surface area contributed by atoms with Crippen LogP contribution in [0.15, 0.2) is 72.8 Å². The van der Waals surface area contributed by atoms with Crippen molar-refractivity contribution in [3.8, 4) is 0 Å². The molecule has 2 aromatic heterocycles. The average Bonchev–Trinajstić information content (AvgIpc) is 3.06. The number of aromatic nitrogens is 1. The smallest absolute Gasteiger partial charge is 0.275 e. The third-order valence-electron chi connectivity index (χ3n) is 4.58. The van der Waals surface area contributed by atoms with Crippen LogP contribution in [0.25, 0.3) is 10.2 Å². The number of benzene rings is 2. The fourth-order valence-electron chi connectivity index (χ4n) is 3.23. The molecule has 0 aliphatic carbocycles. The molecule has 4 nitrogen and oxygen atoms in total. The molecule has 1 amide bonds. The molecule has 0 saturated heterocycles. The quantitative estimate of drug-likeness (QED) is 0.470. The van der Waals surface area contributed by atoms with E-state index in [0.29, 0.717) is 10.6 Å². The number of carbonyl (C=O) groups excluding carboxylic acids is 1. The standard InChI is InChI=1S/C23H21N3OS/c1-2-9-16-14-15-19-20(24)21(28-22(19)25-16)23(27)26(17-10-5-3-6-11-17)18-12-7-4-8-13-18/h3-8,10-15H,2,9,24H2,1H3. The summed E-state index contributed by atoms with van der Waals surface area (Å²) in [7, 11) is 0. The van der Waals surface area contributed by atoms with Gasteiger partial charge >= 0.3 is 0 Å². The lowest BCUT2D eigenvalue weighted by atomic mass is 10.2. The third-order valence-corrected chi connectivity index (χ3v) is 5.69. The van der Waals surface area contributed by atoms with E-state index in [1.54, 1.807) is 4.90 Å². The van der Waals surface area contributed by atoms with Crippen LogP contribution in [-0.4, -0.2) is 10.9 Å². The molecule has 0 bridgehead atoms. The lowest BCUT2D eigenvalue weighted by molar-refractivity contribution is 0.100. The van der Waals surface area contributed by atoms with Gasteiger partial charge in [0.05, 0.1) is 5.69 Å². The van der Waals surface area contributed by atoms with Crippen LogP contribution in [-0.2, 0) is 6.42 Å². The maximum absolute atomic E-state index is 13.6. The first-order chi connectivity index (χ1) is 13.7. The molecule has 4 rings (SSSR count). The van der Waals surface area contributed by atoms with Crippen LogP contribution in [0.1, 0.15) is 28.7 Å². The SMILES string of the molecule is CCCc1ccc2c(N)c(C(=O)N(c3ccccc3)c3ccccc3)sc2n1. The minimum absolute atomic E-state index is 0.144. The number of nitrogen functional groups attached to an aromatic ring is 1. The van der Waals surface area contributed by atoms with Gasteiger partial charge in [0.25, 0.3) is 5.91 Å². The second-order valence-electron chi connectivity index (χ2n) is 6.56. The molecule has 0 atom stereocenters. The van der Waals surface area contributed by atoms with Gasteiger partial charge < -0.3 is 5.73 Å². The highest BCUT2D eigenvalue weighted by molar-refractivity contribution is 7.21. The van der Waals surface area contributed by atoms with E-state index in [4.69, 9.17) is 10.7 Å². The van der Waals surface area contributed by atoms with Crippen molar-refractivity contribution in [2.24, 2.45) is 0 Å². The number of anilines is 3. The number of nitrogens with zero attached hydrogens (tertiary/aromatic N) is 2. The molecule has 0 aliphatic rings. The summed E-state index contributed by atoms with van der Waals surface area (Å²) in [6.07, 6.45) is 1.94. The van der Waals surface area contributed by atoms with Crippen molar-refractivity contribution in [3.63, 3.8) is 0 Å². The molecule has 140 valence electrons. The number of carbonyl (C=O) groups is 1. The minimum atomic E-state index is -0.144. The van der Waals surface area contributed by atoms with E-state index in [2.05, 4.69) is 6.92 Å². The van der Waals surface area contributed by atoms with Crippen LogP contribution in [0.3, 0.4) is 0 Å². The van der Waals surface area contributed by atoms with Crippen molar-refractivity contribution >= 4 is 44.5 Å². The Hall–Kier alpha value is -3.18. The molecule has 0 radical (unpaired) electrons. The molecule has 5 heteroatoms. The molecule has 2 heterocycles. The molecule has 0 spiro atoms. The summed E-state index contributed by atoms with van der Waals surface area (Å²) in [6.45, 7) is 2.13. The Morgan fingerprint density at radius 2 is 1.57 bits per heavy atom. The second-order valence-corrected chi connectivity index (χ2v) is 7.56. The zero-order valence-electron chi connectivity index (χ0n) is 15.6. The van der Waals surface area contributed by atoms with Gasteiger partial charge in [-0.2, -0.15) is 0 Å². The largest absolute Gasteiger partial charge is 0.397 e. The molecule has 0 saturated carbocycles. The Bertz CT molecular complexity index is 1070. The number of rotatable bonds is 5. The maximum Gasteiger partial charge on any atom is 0.275 e. The second kappa shape index (κ2) is 7.82. The lowest BCUT2D eigenvalue weighted by Crippen LogP contribution is -2.25. The number of hydrogen-bond donors (Lipinski definition) is 1. The Kier molecular flexibility index (Phi) is 5.08. The summed E-state index contributed by atoms with van der Waals surface area (Å²) in [4.78, 5) is 21.3. The number of hydrogen-bond acceptors (Lipinski definition) is 4. The van der Waals surface area contributed by atoms with Gasteiger partial charge in [0, 0.05) is 22.5 Å². The summed E-state index contributed by atoms with van der Waals surface area (Å²) in [5.41, 5.74) is 9.51. The summed E-state index contributed by atoms with van der Waals surface area (Å²) in [5, 5.41) is 0.842. The maximum atomic E-state index is 13.6. The fraction of sp³-hybridized carbons (Fsp3) is 0.130. The molecule has 2 aromatic carbocycles. The summed E-state index contributed by atoms with van der Waals surface area (Å²) < 4.78 is 0. The van der Waals surface area contributed by atoms with E-state index >= 15 is 0 Å². The van der Waals surface area contributed by atoms with Gasteiger partial charge in [0.15, 0.2) is 0 Å². The molecule has 2 N–H and O–H groups in total. The van der Waals surface area contributed by atoms with Crippen molar-refractivity contribution < 1.29 is 4.79 Å². The van der Waals surface area contributed by atoms with Gasteiger partial charge in [-0.25, -0.2) is 4.98 Å². The predicted molar refractivity (Wildman–Crippen MR) is 117 cm³/mol.